The Morgan fingerprint density at radius 1 is 1.21 bits per heavy atom. The van der Waals surface area contributed by atoms with Crippen molar-refractivity contribution in [3.05, 3.63) is 41.1 Å². The summed E-state index contributed by atoms with van der Waals surface area (Å²) in [6.07, 6.45) is -2.58. The maximum Gasteiger partial charge on any atom is 0.504 e. The number of nitrogens with zero attached hydrogens (tertiary/aromatic N) is 2. The highest BCUT2D eigenvalue weighted by Gasteiger charge is 2.31. The number of aromatic nitrogens is 4. The quantitative estimate of drug-likeness (QED) is 0.710. The first-order chi connectivity index (χ1) is 8.95. The highest BCUT2D eigenvalue weighted by molar-refractivity contribution is 5.91. The zero-order valence-corrected chi connectivity index (χ0v) is 9.32. The number of aromatic amines is 2. The second kappa shape index (κ2) is 3.74. The minimum atomic E-state index is -4.56. The average Bonchev–Trinajstić information content (AvgIpc) is 2.91. The van der Waals surface area contributed by atoms with Crippen molar-refractivity contribution >= 4 is 11.0 Å². The fourth-order valence-corrected chi connectivity index (χ4v) is 1.90. The SMILES string of the molecule is O=c1[nH]c2cccc(-c3cnn(C(F)(F)F)c3)c2[nH]1. The van der Waals surface area contributed by atoms with E-state index in [2.05, 4.69) is 15.1 Å². The molecule has 2 heterocycles. The lowest BCUT2D eigenvalue weighted by atomic mass is 10.1. The molecule has 0 saturated carbocycles. The van der Waals surface area contributed by atoms with E-state index in [0.29, 0.717) is 16.6 Å². The van der Waals surface area contributed by atoms with Crippen LogP contribution in [0.3, 0.4) is 0 Å². The van der Waals surface area contributed by atoms with Gasteiger partial charge in [-0.25, -0.2) is 4.79 Å². The molecule has 5 nitrogen and oxygen atoms in total. The highest BCUT2D eigenvalue weighted by atomic mass is 19.4. The predicted molar refractivity (Wildman–Crippen MR) is 61.4 cm³/mol. The van der Waals surface area contributed by atoms with E-state index in [0.717, 1.165) is 12.4 Å². The summed E-state index contributed by atoms with van der Waals surface area (Å²) in [5.74, 6) is 0. The molecule has 3 aromatic rings. The molecule has 0 amide bonds. The average molecular weight is 268 g/mol. The normalized spacial score (nSPS) is 12.2. The summed E-state index contributed by atoms with van der Waals surface area (Å²) in [5.41, 5.74) is 1.33. The second-order valence-corrected chi connectivity index (χ2v) is 3.95. The molecule has 0 spiro atoms. The van der Waals surface area contributed by atoms with Gasteiger partial charge in [0.1, 0.15) is 0 Å². The Hall–Kier alpha value is -2.51. The van der Waals surface area contributed by atoms with Gasteiger partial charge in [-0.05, 0) is 6.07 Å². The van der Waals surface area contributed by atoms with Gasteiger partial charge < -0.3 is 9.97 Å². The molecule has 2 N–H and O–H groups in total. The lowest BCUT2D eigenvalue weighted by Crippen LogP contribution is -2.16. The number of hydrogen-bond acceptors (Lipinski definition) is 2. The molecule has 1 aromatic carbocycles. The van der Waals surface area contributed by atoms with Gasteiger partial charge >= 0.3 is 12.0 Å². The van der Waals surface area contributed by atoms with Crippen LogP contribution in [-0.4, -0.2) is 19.7 Å². The fraction of sp³-hybridized carbons (Fsp3) is 0.0909. The van der Waals surface area contributed by atoms with E-state index in [9.17, 15) is 18.0 Å². The molecule has 0 aliphatic rings. The van der Waals surface area contributed by atoms with Crippen molar-refractivity contribution in [2.45, 2.75) is 6.30 Å². The summed E-state index contributed by atoms with van der Waals surface area (Å²) < 4.78 is 37.3. The Labute approximate surface area is 103 Å². The van der Waals surface area contributed by atoms with Crippen LogP contribution in [-0.2, 0) is 6.30 Å². The summed E-state index contributed by atoms with van der Waals surface area (Å²) in [4.78, 5) is 16.3. The van der Waals surface area contributed by atoms with Crippen LogP contribution in [0.25, 0.3) is 22.2 Å². The van der Waals surface area contributed by atoms with Crippen molar-refractivity contribution in [2.75, 3.05) is 0 Å². The van der Waals surface area contributed by atoms with Gasteiger partial charge in [0.25, 0.3) is 0 Å². The van der Waals surface area contributed by atoms with Crippen molar-refractivity contribution in [1.82, 2.24) is 19.7 Å². The molecule has 0 fully saturated rings. The molecule has 3 rings (SSSR count). The summed E-state index contributed by atoms with van der Waals surface area (Å²) in [5, 5.41) is 3.27. The van der Waals surface area contributed by atoms with E-state index >= 15 is 0 Å². The molecular formula is C11H7F3N4O. The smallest absolute Gasteiger partial charge is 0.306 e. The summed E-state index contributed by atoms with van der Waals surface area (Å²) in [6, 6.07) is 4.92. The van der Waals surface area contributed by atoms with Gasteiger partial charge in [0.15, 0.2) is 0 Å². The van der Waals surface area contributed by atoms with Gasteiger partial charge in [0.2, 0.25) is 0 Å². The summed E-state index contributed by atoms with van der Waals surface area (Å²) >= 11 is 0. The molecular weight excluding hydrogens is 261 g/mol. The van der Waals surface area contributed by atoms with Gasteiger partial charge in [-0.2, -0.15) is 9.78 Å². The van der Waals surface area contributed by atoms with Crippen LogP contribution in [0.1, 0.15) is 0 Å². The third-order valence-corrected chi connectivity index (χ3v) is 2.70. The van der Waals surface area contributed by atoms with Crippen molar-refractivity contribution < 1.29 is 13.2 Å². The van der Waals surface area contributed by atoms with Gasteiger partial charge in [-0.15, -0.1) is 13.2 Å². The summed E-state index contributed by atoms with van der Waals surface area (Å²) in [7, 11) is 0. The number of nitrogens with one attached hydrogen (secondary N) is 2. The largest absolute Gasteiger partial charge is 0.504 e. The number of rotatable bonds is 1. The highest BCUT2D eigenvalue weighted by Crippen LogP contribution is 2.28. The van der Waals surface area contributed by atoms with E-state index in [1.807, 2.05) is 0 Å². The van der Waals surface area contributed by atoms with E-state index in [-0.39, 0.29) is 10.2 Å². The van der Waals surface area contributed by atoms with Crippen LogP contribution in [0.2, 0.25) is 0 Å². The Bertz CT molecular complexity index is 796. The molecule has 8 heteroatoms. The second-order valence-electron chi connectivity index (χ2n) is 3.95. The standard InChI is InChI=1S/C11H7F3N4O/c12-11(13,14)18-5-6(4-15-18)7-2-1-3-8-9(7)17-10(19)16-8/h1-5H,(H2,16,17,19). The van der Waals surface area contributed by atoms with Crippen molar-refractivity contribution in [3.63, 3.8) is 0 Å². The Balaban J connectivity index is 2.19. The van der Waals surface area contributed by atoms with Gasteiger partial charge in [-0.1, -0.05) is 12.1 Å². The predicted octanol–water partition coefficient (Wildman–Crippen LogP) is 2.20. The van der Waals surface area contributed by atoms with Crippen LogP contribution in [0.5, 0.6) is 0 Å². The topological polar surface area (TPSA) is 66.5 Å². The molecule has 0 aliphatic carbocycles. The van der Waals surface area contributed by atoms with Crippen LogP contribution in [0, 0.1) is 0 Å². The van der Waals surface area contributed by atoms with Gasteiger partial charge in [0.05, 0.1) is 17.2 Å². The Kier molecular flexibility index (Phi) is 2.28. The zero-order chi connectivity index (χ0) is 13.6. The van der Waals surface area contributed by atoms with E-state index in [1.54, 1.807) is 18.2 Å². The van der Waals surface area contributed by atoms with Crippen LogP contribution >= 0.6 is 0 Å². The van der Waals surface area contributed by atoms with Gasteiger partial charge in [-0.3, -0.25) is 0 Å². The third-order valence-electron chi connectivity index (χ3n) is 2.70. The lowest BCUT2D eigenvalue weighted by Gasteiger charge is -2.04. The number of fused-ring (bicyclic) bond motifs is 1. The maximum absolute atomic E-state index is 12.5. The molecule has 0 radical (unpaired) electrons. The first-order valence-corrected chi connectivity index (χ1v) is 5.28. The number of hydrogen-bond donors (Lipinski definition) is 2. The number of benzene rings is 1. The molecule has 0 unspecified atom stereocenters. The molecule has 0 saturated heterocycles. The number of imidazole rings is 1. The van der Waals surface area contributed by atoms with Crippen LogP contribution < -0.4 is 5.69 Å². The first kappa shape index (κ1) is 11.6. The Morgan fingerprint density at radius 3 is 2.68 bits per heavy atom. The monoisotopic (exact) mass is 268 g/mol. The molecule has 2 aromatic heterocycles. The van der Waals surface area contributed by atoms with E-state index in [1.165, 1.54) is 0 Å². The number of H-pyrrole nitrogens is 2. The van der Waals surface area contributed by atoms with Crippen LogP contribution in [0.15, 0.2) is 35.4 Å². The number of halogens is 3. The number of alkyl halides is 3. The summed E-state index contributed by atoms with van der Waals surface area (Å²) in [6.45, 7) is 0. The third kappa shape index (κ3) is 1.90. The number of para-hydroxylation sites is 1. The zero-order valence-electron chi connectivity index (χ0n) is 9.32. The van der Waals surface area contributed by atoms with Crippen molar-refractivity contribution in [1.29, 1.82) is 0 Å². The van der Waals surface area contributed by atoms with Gasteiger partial charge in [0, 0.05) is 17.3 Å². The minimum Gasteiger partial charge on any atom is -0.306 e. The Morgan fingerprint density at radius 2 is 2.00 bits per heavy atom. The van der Waals surface area contributed by atoms with E-state index < -0.39 is 12.0 Å². The van der Waals surface area contributed by atoms with E-state index in [4.69, 9.17) is 0 Å². The van der Waals surface area contributed by atoms with Crippen LogP contribution in [0.4, 0.5) is 13.2 Å². The maximum atomic E-state index is 12.5. The first-order valence-electron chi connectivity index (χ1n) is 5.28. The molecule has 19 heavy (non-hydrogen) atoms. The van der Waals surface area contributed by atoms with Crippen molar-refractivity contribution in [3.8, 4) is 11.1 Å². The lowest BCUT2D eigenvalue weighted by molar-refractivity contribution is -0.212. The van der Waals surface area contributed by atoms with Crippen molar-refractivity contribution in [2.24, 2.45) is 0 Å². The minimum absolute atomic E-state index is 0.0775. The fourth-order valence-electron chi connectivity index (χ4n) is 1.90. The molecule has 0 aliphatic heterocycles. The molecule has 0 bridgehead atoms. The molecule has 0 atom stereocenters. The molecule has 98 valence electrons.